The molecule has 46 valence electrons. The minimum Gasteiger partial charge on any atom is -0.469 e. The SMILES string of the molecule is CCc1ccco1.N. The van der Waals surface area contributed by atoms with Crippen LogP contribution in [0.3, 0.4) is 0 Å². The molecule has 0 aromatic carbocycles. The first kappa shape index (κ1) is 7.24. The monoisotopic (exact) mass is 113 g/mol. The van der Waals surface area contributed by atoms with Crippen LogP contribution in [0, 0.1) is 0 Å². The van der Waals surface area contributed by atoms with E-state index >= 15 is 0 Å². The summed E-state index contributed by atoms with van der Waals surface area (Å²) in [5.74, 6) is 1.06. The molecular weight excluding hydrogens is 102 g/mol. The molecule has 1 heterocycles. The molecule has 0 aliphatic carbocycles. The molecule has 1 aromatic heterocycles. The molecule has 0 bridgehead atoms. The highest BCUT2D eigenvalue weighted by Gasteiger charge is 1.84. The molecule has 2 nitrogen and oxygen atoms in total. The highest BCUT2D eigenvalue weighted by atomic mass is 16.3. The first-order chi connectivity index (χ1) is 3.43. The summed E-state index contributed by atoms with van der Waals surface area (Å²) in [6, 6.07) is 3.87. The molecule has 0 atom stereocenters. The lowest BCUT2D eigenvalue weighted by atomic mass is 10.4. The predicted molar refractivity (Wildman–Crippen MR) is 33.1 cm³/mol. The largest absolute Gasteiger partial charge is 0.469 e. The first-order valence-electron chi connectivity index (χ1n) is 2.46. The molecule has 0 unspecified atom stereocenters. The number of hydrogen-bond acceptors (Lipinski definition) is 2. The van der Waals surface area contributed by atoms with E-state index in [9.17, 15) is 0 Å². The van der Waals surface area contributed by atoms with Crippen molar-refractivity contribution in [2.24, 2.45) is 0 Å². The van der Waals surface area contributed by atoms with Crippen LogP contribution in [0.5, 0.6) is 0 Å². The van der Waals surface area contributed by atoms with Crippen LogP contribution >= 0.6 is 0 Å². The van der Waals surface area contributed by atoms with Crippen LogP contribution in [0.1, 0.15) is 12.7 Å². The number of aryl methyl sites for hydroxylation is 1. The van der Waals surface area contributed by atoms with Crippen molar-refractivity contribution in [3.05, 3.63) is 24.2 Å². The van der Waals surface area contributed by atoms with E-state index in [2.05, 4.69) is 6.92 Å². The Morgan fingerprint density at radius 3 is 2.62 bits per heavy atom. The molecule has 0 fully saturated rings. The van der Waals surface area contributed by atoms with Gasteiger partial charge in [-0.05, 0) is 12.1 Å². The van der Waals surface area contributed by atoms with Gasteiger partial charge < -0.3 is 10.6 Å². The zero-order valence-electron chi connectivity index (χ0n) is 5.05. The minimum atomic E-state index is 0. The standard InChI is InChI=1S/C6H8O.H3N/c1-2-6-4-3-5-7-6;/h3-5H,2H2,1H3;1H3. The Morgan fingerprint density at radius 1 is 1.62 bits per heavy atom. The molecule has 0 amide bonds. The molecule has 0 aliphatic heterocycles. The molecule has 0 saturated carbocycles. The van der Waals surface area contributed by atoms with Crippen LogP contribution in [0.2, 0.25) is 0 Å². The Morgan fingerprint density at radius 2 is 2.38 bits per heavy atom. The molecule has 0 saturated heterocycles. The average Bonchev–Trinajstić information content (AvgIpc) is 2.14. The first-order valence-corrected chi connectivity index (χ1v) is 2.46. The zero-order valence-corrected chi connectivity index (χ0v) is 5.05. The lowest BCUT2D eigenvalue weighted by Crippen LogP contribution is -1.66. The van der Waals surface area contributed by atoms with Gasteiger partial charge in [0.15, 0.2) is 0 Å². The molecule has 0 radical (unpaired) electrons. The van der Waals surface area contributed by atoms with E-state index in [-0.39, 0.29) is 6.15 Å². The van der Waals surface area contributed by atoms with Gasteiger partial charge in [0.1, 0.15) is 5.76 Å². The number of rotatable bonds is 1. The maximum Gasteiger partial charge on any atom is 0.103 e. The lowest BCUT2D eigenvalue weighted by molar-refractivity contribution is 0.516. The molecule has 3 N–H and O–H groups in total. The fourth-order valence-electron chi connectivity index (χ4n) is 0.514. The van der Waals surface area contributed by atoms with E-state index in [4.69, 9.17) is 4.42 Å². The molecule has 1 aromatic rings. The predicted octanol–water partition coefficient (Wildman–Crippen LogP) is 2.00. The van der Waals surface area contributed by atoms with Crippen LogP contribution in [0.4, 0.5) is 0 Å². The van der Waals surface area contributed by atoms with Gasteiger partial charge in [-0.1, -0.05) is 6.92 Å². The summed E-state index contributed by atoms with van der Waals surface area (Å²) in [6.45, 7) is 2.07. The Bertz CT molecular complexity index is 123. The van der Waals surface area contributed by atoms with Gasteiger partial charge in [0.05, 0.1) is 6.26 Å². The third-order valence-corrected chi connectivity index (χ3v) is 0.929. The van der Waals surface area contributed by atoms with Crippen LogP contribution in [-0.4, -0.2) is 0 Å². The van der Waals surface area contributed by atoms with Gasteiger partial charge in [0.2, 0.25) is 0 Å². The van der Waals surface area contributed by atoms with Gasteiger partial charge in [-0.2, -0.15) is 0 Å². The maximum atomic E-state index is 4.98. The summed E-state index contributed by atoms with van der Waals surface area (Å²) in [6.07, 6.45) is 2.69. The van der Waals surface area contributed by atoms with E-state index in [1.807, 2.05) is 12.1 Å². The van der Waals surface area contributed by atoms with Gasteiger partial charge >= 0.3 is 0 Å². The fourth-order valence-corrected chi connectivity index (χ4v) is 0.514. The van der Waals surface area contributed by atoms with Gasteiger partial charge in [-0.25, -0.2) is 0 Å². The van der Waals surface area contributed by atoms with E-state index in [1.54, 1.807) is 6.26 Å². The second-order valence-corrected chi connectivity index (χ2v) is 1.43. The molecule has 2 heteroatoms. The van der Waals surface area contributed by atoms with Crippen molar-refractivity contribution in [1.82, 2.24) is 6.15 Å². The highest BCUT2D eigenvalue weighted by Crippen LogP contribution is 1.98. The average molecular weight is 113 g/mol. The Hall–Kier alpha value is -0.760. The third kappa shape index (κ3) is 1.39. The molecule has 1 rings (SSSR count). The fraction of sp³-hybridized carbons (Fsp3) is 0.333. The quantitative estimate of drug-likeness (QED) is 0.605. The van der Waals surface area contributed by atoms with Crippen molar-refractivity contribution in [1.29, 1.82) is 0 Å². The van der Waals surface area contributed by atoms with E-state index in [0.29, 0.717) is 0 Å². The lowest BCUT2D eigenvalue weighted by Gasteiger charge is -1.79. The van der Waals surface area contributed by atoms with Crippen molar-refractivity contribution in [3.63, 3.8) is 0 Å². The Labute approximate surface area is 49.1 Å². The van der Waals surface area contributed by atoms with E-state index < -0.39 is 0 Å². The smallest absolute Gasteiger partial charge is 0.103 e. The second-order valence-electron chi connectivity index (χ2n) is 1.43. The van der Waals surface area contributed by atoms with Crippen LogP contribution in [0.15, 0.2) is 22.8 Å². The Kier molecular flexibility index (Phi) is 2.96. The molecule has 8 heavy (non-hydrogen) atoms. The van der Waals surface area contributed by atoms with Crippen LogP contribution in [0.25, 0.3) is 0 Å². The van der Waals surface area contributed by atoms with Crippen LogP contribution in [-0.2, 0) is 6.42 Å². The summed E-state index contributed by atoms with van der Waals surface area (Å²) in [4.78, 5) is 0. The van der Waals surface area contributed by atoms with Crippen molar-refractivity contribution in [2.45, 2.75) is 13.3 Å². The van der Waals surface area contributed by atoms with Crippen molar-refractivity contribution < 1.29 is 4.42 Å². The van der Waals surface area contributed by atoms with E-state index in [0.717, 1.165) is 12.2 Å². The summed E-state index contributed by atoms with van der Waals surface area (Å²) >= 11 is 0. The number of furan rings is 1. The third-order valence-electron chi connectivity index (χ3n) is 0.929. The summed E-state index contributed by atoms with van der Waals surface area (Å²) in [5, 5.41) is 0. The summed E-state index contributed by atoms with van der Waals surface area (Å²) < 4.78 is 4.98. The molecular formula is C6H11NO. The topological polar surface area (TPSA) is 48.1 Å². The van der Waals surface area contributed by atoms with Gasteiger partial charge in [0.25, 0.3) is 0 Å². The second kappa shape index (κ2) is 3.27. The zero-order chi connectivity index (χ0) is 5.11. The van der Waals surface area contributed by atoms with Gasteiger partial charge in [0, 0.05) is 6.42 Å². The van der Waals surface area contributed by atoms with Gasteiger partial charge in [-0.3, -0.25) is 0 Å². The Balaban J connectivity index is 0.000000490. The molecule has 0 spiro atoms. The van der Waals surface area contributed by atoms with Crippen molar-refractivity contribution in [3.8, 4) is 0 Å². The maximum absolute atomic E-state index is 4.98. The molecule has 0 aliphatic rings. The summed E-state index contributed by atoms with van der Waals surface area (Å²) in [7, 11) is 0. The van der Waals surface area contributed by atoms with Crippen molar-refractivity contribution >= 4 is 0 Å². The number of hydrogen-bond donors (Lipinski definition) is 1. The minimum absolute atomic E-state index is 0. The van der Waals surface area contributed by atoms with E-state index in [1.165, 1.54) is 0 Å². The van der Waals surface area contributed by atoms with Crippen molar-refractivity contribution in [2.75, 3.05) is 0 Å². The normalized spacial score (nSPS) is 8.12. The van der Waals surface area contributed by atoms with Gasteiger partial charge in [-0.15, -0.1) is 0 Å². The van der Waals surface area contributed by atoms with Crippen LogP contribution < -0.4 is 6.15 Å². The highest BCUT2D eigenvalue weighted by molar-refractivity contribution is 4.96. The summed E-state index contributed by atoms with van der Waals surface area (Å²) in [5.41, 5.74) is 0.